The average molecular weight is 417 g/mol. The molecule has 30 heavy (non-hydrogen) atoms. The third-order valence-corrected chi connectivity index (χ3v) is 7.43. The normalized spacial score (nSPS) is 21.0. The first kappa shape index (κ1) is 18.0. The number of piperidine rings is 1. The Kier molecular flexibility index (Phi) is 4.32. The van der Waals surface area contributed by atoms with Crippen molar-refractivity contribution >= 4 is 32.5 Å². The summed E-state index contributed by atoms with van der Waals surface area (Å²) in [5.41, 5.74) is 5.67. The smallest absolute Gasteiger partial charge is 0.189 e. The number of aromatic nitrogens is 4. The van der Waals surface area contributed by atoms with Gasteiger partial charge in [0, 0.05) is 36.6 Å². The van der Waals surface area contributed by atoms with Crippen LogP contribution >= 0.6 is 11.3 Å². The molecule has 6 rings (SSSR count). The fourth-order valence-corrected chi connectivity index (χ4v) is 5.90. The Balaban J connectivity index is 1.21. The van der Waals surface area contributed by atoms with Crippen LogP contribution in [0.25, 0.3) is 21.3 Å². The van der Waals surface area contributed by atoms with E-state index in [2.05, 4.69) is 55.7 Å². The molecule has 0 spiro atoms. The zero-order valence-electron chi connectivity index (χ0n) is 16.9. The Morgan fingerprint density at radius 2 is 2.20 bits per heavy atom. The van der Waals surface area contributed by atoms with Crippen molar-refractivity contribution in [2.75, 3.05) is 11.9 Å². The van der Waals surface area contributed by atoms with Gasteiger partial charge in [-0.3, -0.25) is 10.00 Å². The van der Waals surface area contributed by atoms with E-state index in [1.54, 1.807) is 11.3 Å². The maximum atomic E-state index is 4.75. The second-order valence-electron chi connectivity index (χ2n) is 8.55. The third-order valence-electron chi connectivity index (χ3n) is 6.50. The standard InChI is InChI=1S/C23H24N6S/c1-14-19(11-25-28-14)17-3-5-20-21(10-17)30-23(26-20)27-22-9-16(6-7-24-22)13-29-12-15-2-4-18(29)8-15/h3,5-7,9-11,15,18H,2,4,8,12-13H2,1H3,(H,25,28)(H,24,26,27)/t15-,18+/m1/s1. The monoisotopic (exact) mass is 416 g/mol. The number of nitrogens with zero attached hydrogens (tertiary/aromatic N) is 4. The predicted octanol–water partition coefficient (Wildman–Crippen LogP) is 5.12. The quantitative estimate of drug-likeness (QED) is 0.473. The highest BCUT2D eigenvalue weighted by Gasteiger charge is 2.37. The summed E-state index contributed by atoms with van der Waals surface area (Å²) in [6.07, 6.45) is 7.95. The number of pyridine rings is 1. The number of thiazole rings is 1. The molecule has 152 valence electrons. The number of nitrogens with one attached hydrogen (secondary N) is 2. The van der Waals surface area contributed by atoms with Crippen LogP contribution in [0, 0.1) is 12.8 Å². The van der Waals surface area contributed by atoms with E-state index < -0.39 is 0 Å². The Morgan fingerprint density at radius 3 is 3.00 bits per heavy atom. The van der Waals surface area contributed by atoms with Crippen LogP contribution in [0.3, 0.4) is 0 Å². The summed E-state index contributed by atoms with van der Waals surface area (Å²) in [4.78, 5) is 11.9. The van der Waals surface area contributed by atoms with Gasteiger partial charge in [0.05, 0.1) is 16.4 Å². The Bertz CT molecular complexity index is 1210. The number of hydrogen-bond acceptors (Lipinski definition) is 6. The molecule has 2 fully saturated rings. The predicted molar refractivity (Wildman–Crippen MR) is 121 cm³/mol. The summed E-state index contributed by atoms with van der Waals surface area (Å²) in [5, 5.41) is 11.4. The van der Waals surface area contributed by atoms with Crippen molar-refractivity contribution in [2.24, 2.45) is 5.92 Å². The van der Waals surface area contributed by atoms with Gasteiger partial charge in [-0.1, -0.05) is 17.4 Å². The van der Waals surface area contributed by atoms with Crippen molar-refractivity contribution in [1.82, 2.24) is 25.1 Å². The van der Waals surface area contributed by atoms with Gasteiger partial charge in [0.1, 0.15) is 5.82 Å². The number of hydrogen-bond donors (Lipinski definition) is 2. The van der Waals surface area contributed by atoms with Gasteiger partial charge in [0.2, 0.25) is 0 Å². The summed E-state index contributed by atoms with van der Waals surface area (Å²) < 4.78 is 1.15. The SMILES string of the molecule is Cc1[nH]ncc1-c1ccc2nc(Nc3cc(CN4C[C@@H]5CC[C@H]4C5)ccn3)sc2c1. The summed E-state index contributed by atoms with van der Waals surface area (Å²) in [6, 6.07) is 11.4. The van der Waals surface area contributed by atoms with Crippen LogP contribution in [0.1, 0.15) is 30.5 Å². The van der Waals surface area contributed by atoms with Crippen LogP contribution < -0.4 is 5.32 Å². The fraction of sp³-hybridized carbons (Fsp3) is 0.348. The minimum absolute atomic E-state index is 0.789. The molecule has 1 aliphatic heterocycles. The van der Waals surface area contributed by atoms with E-state index in [9.17, 15) is 0 Å². The molecule has 0 unspecified atom stereocenters. The molecular formula is C23H24N6S. The highest BCUT2D eigenvalue weighted by atomic mass is 32.1. The molecule has 0 radical (unpaired) electrons. The van der Waals surface area contributed by atoms with Gasteiger partial charge in [-0.15, -0.1) is 0 Å². The van der Waals surface area contributed by atoms with Gasteiger partial charge in [-0.05, 0) is 67.5 Å². The molecule has 1 saturated carbocycles. The molecule has 2 atom stereocenters. The lowest BCUT2D eigenvalue weighted by atomic mass is 10.1. The van der Waals surface area contributed by atoms with Crippen molar-refractivity contribution < 1.29 is 0 Å². The largest absolute Gasteiger partial charge is 0.316 e. The topological polar surface area (TPSA) is 69.7 Å². The first-order valence-electron chi connectivity index (χ1n) is 10.6. The van der Waals surface area contributed by atoms with Crippen molar-refractivity contribution in [3.63, 3.8) is 0 Å². The number of anilines is 2. The summed E-state index contributed by atoms with van der Waals surface area (Å²) in [7, 11) is 0. The molecular weight excluding hydrogens is 392 g/mol. The Morgan fingerprint density at radius 1 is 1.23 bits per heavy atom. The summed E-state index contributed by atoms with van der Waals surface area (Å²) in [6.45, 7) is 4.32. The number of aryl methyl sites for hydroxylation is 1. The second-order valence-corrected chi connectivity index (χ2v) is 9.58. The summed E-state index contributed by atoms with van der Waals surface area (Å²) >= 11 is 1.65. The minimum atomic E-state index is 0.789. The van der Waals surface area contributed by atoms with Gasteiger partial charge in [0.25, 0.3) is 0 Å². The van der Waals surface area contributed by atoms with Crippen LogP contribution in [0.15, 0.2) is 42.7 Å². The molecule has 2 aliphatic rings. The molecule has 7 heteroatoms. The van der Waals surface area contributed by atoms with E-state index >= 15 is 0 Å². The lowest BCUT2D eigenvalue weighted by molar-refractivity contribution is 0.205. The molecule has 1 aromatic carbocycles. The van der Waals surface area contributed by atoms with Gasteiger partial charge < -0.3 is 5.32 Å². The lowest BCUT2D eigenvalue weighted by Gasteiger charge is -2.26. The zero-order valence-corrected chi connectivity index (χ0v) is 17.7. The van der Waals surface area contributed by atoms with E-state index in [-0.39, 0.29) is 0 Å². The van der Waals surface area contributed by atoms with Gasteiger partial charge in [0.15, 0.2) is 5.13 Å². The molecule has 0 amide bonds. The van der Waals surface area contributed by atoms with Crippen LogP contribution in [0.4, 0.5) is 10.9 Å². The Hall–Kier alpha value is -2.77. The number of aromatic amines is 1. The maximum absolute atomic E-state index is 4.75. The van der Waals surface area contributed by atoms with E-state index in [0.29, 0.717) is 0 Å². The van der Waals surface area contributed by atoms with E-state index in [1.165, 1.54) is 31.4 Å². The van der Waals surface area contributed by atoms with E-state index in [4.69, 9.17) is 4.98 Å². The van der Waals surface area contributed by atoms with Gasteiger partial charge >= 0.3 is 0 Å². The molecule has 6 nitrogen and oxygen atoms in total. The average Bonchev–Trinajstić information content (AvgIpc) is 3.51. The van der Waals surface area contributed by atoms with Crippen LogP contribution in [-0.4, -0.2) is 37.7 Å². The molecule has 2 N–H and O–H groups in total. The minimum Gasteiger partial charge on any atom is -0.316 e. The van der Waals surface area contributed by atoms with Crippen LogP contribution in [0.5, 0.6) is 0 Å². The number of rotatable bonds is 5. The van der Waals surface area contributed by atoms with Crippen molar-refractivity contribution in [2.45, 2.75) is 38.8 Å². The van der Waals surface area contributed by atoms with Crippen molar-refractivity contribution in [3.8, 4) is 11.1 Å². The van der Waals surface area contributed by atoms with Gasteiger partial charge in [-0.2, -0.15) is 5.10 Å². The van der Waals surface area contributed by atoms with Crippen LogP contribution in [0.2, 0.25) is 0 Å². The molecule has 4 aromatic rings. The van der Waals surface area contributed by atoms with Crippen molar-refractivity contribution in [1.29, 1.82) is 0 Å². The first-order valence-corrected chi connectivity index (χ1v) is 11.4. The van der Waals surface area contributed by atoms with Gasteiger partial charge in [-0.25, -0.2) is 9.97 Å². The molecule has 4 heterocycles. The number of H-pyrrole nitrogens is 1. The van der Waals surface area contributed by atoms with E-state index in [1.807, 2.05) is 19.3 Å². The fourth-order valence-electron chi connectivity index (χ4n) is 4.99. The van der Waals surface area contributed by atoms with Crippen LogP contribution in [-0.2, 0) is 6.54 Å². The van der Waals surface area contributed by atoms with Crippen molar-refractivity contribution in [3.05, 3.63) is 54.0 Å². The molecule has 2 bridgehead atoms. The Labute approximate surface area is 179 Å². The lowest BCUT2D eigenvalue weighted by Crippen LogP contribution is -2.31. The second kappa shape index (κ2) is 7.18. The molecule has 1 aliphatic carbocycles. The number of fused-ring (bicyclic) bond motifs is 3. The zero-order chi connectivity index (χ0) is 20.1. The highest BCUT2D eigenvalue weighted by Crippen LogP contribution is 2.38. The highest BCUT2D eigenvalue weighted by molar-refractivity contribution is 7.22. The third kappa shape index (κ3) is 3.28. The van der Waals surface area contributed by atoms with E-state index in [0.717, 1.165) is 56.5 Å². The molecule has 3 aromatic heterocycles. The number of benzene rings is 1. The number of likely N-dealkylation sites (tertiary alicyclic amines) is 1. The first-order chi connectivity index (χ1) is 14.7. The summed E-state index contributed by atoms with van der Waals surface area (Å²) in [5.74, 6) is 1.79. The maximum Gasteiger partial charge on any atom is 0.189 e. The molecule has 1 saturated heterocycles.